The highest BCUT2D eigenvalue weighted by Crippen LogP contribution is 2.26. The number of carbonyl (C=O) groups excluding carboxylic acids is 2. The zero-order chi connectivity index (χ0) is 22.4. The van der Waals surface area contributed by atoms with Crippen LogP contribution in [0.5, 0.6) is 0 Å². The van der Waals surface area contributed by atoms with Gasteiger partial charge in [-0.2, -0.15) is 0 Å². The van der Waals surface area contributed by atoms with Crippen LogP contribution in [0.1, 0.15) is 38.3 Å². The van der Waals surface area contributed by atoms with Gasteiger partial charge in [-0.05, 0) is 55.7 Å². The molecule has 162 valence electrons. The van der Waals surface area contributed by atoms with Gasteiger partial charge >= 0.3 is 0 Å². The van der Waals surface area contributed by atoms with Crippen molar-refractivity contribution in [2.24, 2.45) is 0 Å². The van der Waals surface area contributed by atoms with Crippen LogP contribution in [0.15, 0.2) is 36.4 Å². The minimum Gasteiger partial charge on any atom is -0.352 e. The van der Waals surface area contributed by atoms with Gasteiger partial charge in [0.05, 0.1) is 16.5 Å². The van der Waals surface area contributed by atoms with E-state index in [0.717, 1.165) is 5.56 Å². The largest absolute Gasteiger partial charge is 0.352 e. The van der Waals surface area contributed by atoms with Crippen LogP contribution in [0, 0.1) is 0 Å². The number of halogens is 4. The molecule has 2 amide bonds. The molecule has 0 bridgehead atoms. The monoisotopic (exact) mass is 488 g/mol. The highest BCUT2D eigenvalue weighted by atomic mass is 35.5. The minimum absolute atomic E-state index is 0.0424. The van der Waals surface area contributed by atoms with E-state index in [1.807, 2.05) is 20.8 Å². The number of hydrogen-bond donors (Lipinski definition) is 1. The first-order valence-corrected chi connectivity index (χ1v) is 11.1. The van der Waals surface area contributed by atoms with Gasteiger partial charge in [-0.3, -0.25) is 9.59 Å². The lowest BCUT2D eigenvalue weighted by atomic mass is 10.1. The zero-order valence-corrected chi connectivity index (χ0v) is 20.0. The normalized spacial score (nSPS) is 12.0. The molecule has 0 aliphatic heterocycles. The Morgan fingerprint density at radius 1 is 0.967 bits per heavy atom. The van der Waals surface area contributed by atoms with Crippen molar-refractivity contribution in [3.63, 3.8) is 0 Å². The maximum Gasteiger partial charge on any atom is 0.243 e. The van der Waals surface area contributed by atoms with Crippen LogP contribution in [-0.2, 0) is 22.6 Å². The summed E-state index contributed by atoms with van der Waals surface area (Å²) in [5.74, 6) is -0.431. The number of hydrogen-bond acceptors (Lipinski definition) is 2. The smallest absolute Gasteiger partial charge is 0.243 e. The SMILES string of the molecule is CC[C@@H](C(=O)NC(C)C)N(Cc1ccc(Cl)c(Cl)c1)C(=O)Cc1ccc(Cl)cc1Cl. The van der Waals surface area contributed by atoms with Crippen LogP contribution in [0.3, 0.4) is 0 Å². The fourth-order valence-corrected chi connectivity index (χ4v) is 3.86. The zero-order valence-electron chi connectivity index (χ0n) is 17.0. The van der Waals surface area contributed by atoms with Crippen LogP contribution in [0.2, 0.25) is 20.1 Å². The Morgan fingerprint density at radius 3 is 2.23 bits per heavy atom. The highest BCUT2D eigenvalue weighted by molar-refractivity contribution is 6.42. The molecule has 30 heavy (non-hydrogen) atoms. The molecule has 8 heteroatoms. The summed E-state index contributed by atoms with van der Waals surface area (Å²) >= 11 is 24.4. The van der Waals surface area contributed by atoms with Gasteiger partial charge in [0.2, 0.25) is 11.8 Å². The third-order valence-electron chi connectivity index (χ3n) is 4.51. The van der Waals surface area contributed by atoms with Gasteiger partial charge in [0.25, 0.3) is 0 Å². The predicted molar refractivity (Wildman–Crippen MR) is 125 cm³/mol. The van der Waals surface area contributed by atoms with Gasteiger partial charge in [0, 0.05) is 22.6 Å². The van der Waals surface area contributed by atoms with Crippen LogP contribution < -0.4 is 5.32 Å². The average Bonchev–Trinajstić information content (AvgIpc) is 2.66. The quantitative estimate of drug-likeness (QED) is 0.481. The predicted octanol–water partition coefficient (Wildman–Crippen LogP) is 6.17. The first-order valence-electron chi connectivity index (χ1n) is 9.60. The molecule has 0 saturated carbocycles. The molecule has 2 aromatic rings. The third kappa shape index (κ3) is 6.78. The van der Waals surface area contributed by atoms with Gasteiger partial charge in [0.1, 0.15) is 6.04 Å². The lowest BCUT2D eigenvalue weighted by Gasteiger charge is -2.31. The topological polar surface area (TPSA) is 49.4 Å². The highest BCUT2D eigenvalue weighted by Gasteiger charge is 2.29. The maximum absolute atomic E-state index is 13.3. The molecule has 0 saturated heterocycles. The summed E-state index contributed by atoms with van der Waals surface area (Å²) in [6.45, 7) is 5.84. The van der Waals surface area contributed by atoms with Crippen molar-refractivity contribution in [2.75, 3.05) is 0 Å². The van der Waals surface area contributed by atoms with Crippen molar-refractivity contribution in [1.29, 1.82) is 0 Å². The van der Waals surface area contributed by atoms with E-state index >= 15 is 0 Å². The molecule has 0 fully saturated rings. The molecule has 1 atom stereocenters. The molecule has 0 heterocycles. The maximum atomic E-state index is 13.3. The van der Waals surface area contributed by atoms with Gasteiger partial charge in [-0.1, -0.05) is 65.5 Å². The lowest BCUT2D eigenvalue weighted by molar-refractivity contribution is -0.141. The minimum atomic E-state index is -0.638. The van der Waals surface area contributed by atoms with Crippen molar-refractivity contribution in [1.82, 2.24) is 10.2 Å². The summed E-state index contributed by atoms with van der Waals surface area (Å²) in [6, 6.07) is 9.48. The first-order chi connectivity index (χ1) is 14.1. The second-order valence-corrected chi connectivity index (χ2v) is 8.93. The van der Waals surface area contributed by atoms with Gasteiger partial charge < -0.3 is 10.2 Å². The molecule has 0 radical (unpaired) electrons. The number of amides is 2. The first kappa shape index (κ1) is 24.8. The van der Waals surface area contributed by atoms with E-state index in [2.05, 4.69) is 5.32 Å². The fraction of sp³-hybridized carbons (Fsp3) is 0.364. The number of benzene rings is 2. The van der Waals surface area contributed by atoms with E-state index in [-0.39, 0.29) is 30.8 Å². The number of nitrogens with one attached hydrogen (secondary N) is 1. The van der Waals surface area contributed by atoms with Crippen LogP contribution in [0.25, 0.3) is 0 Å². The molecule has 0 spiro atoms. The Bertz CT molecular complexity index is 918. The van der Waals surface area contributed by atoms with Crippen molar-refractivity contribution < 1.29 is 9.59 Å². The summed E-state index contributed by atoms with van der Waals surface area (Å²) in [7, 11) is 0. The van der Waals surface area contributed by atoms with E-state index in [4.69, 9.17) is 46.4 Å². The standard InChI is InChI=1S/C22H24Cl4N2O2/c1-4-20(22(30)27-13(2)3)28(12-14-5-8-17(24)19(26)9-14)21(29)10-15-6-7-16(23)11-18(15)25/h5-9,11,13,20H,4,10,12H2,1-3H3,(H,27,30)/t20-/m0/s1. The van der Waals surface area contributed by atoms with Crippen molar-refractivity contribution in [3.8, 4) is 0 Å². The summed E-state index contributed by atoms with van der Waals surface area (Å²) in [6.07, 6.45) is 0.503. The molecule has 2 aromatic carbocycles. The van der Waals surface area contributed by atoms with Crippen molar-refractivity contribution in [3.05, 3.63) is 67.6 Å². The van der Waals surface area contributed by atoms with Gasteiger partial charge in [-0.25, -0.2) is 0 Å². The molecule has 2 rings (SSSR count). The molecule has 4 nitrogen and oxygen atoms in total. The summed E-state index contributed by atoms with van der Waals surface area (Å²) in [4.78, 5) is 27.7. The molecular formula is C22H24Cl4N2O2. The Morgan fingerprint density at radius 2 is 1.67 bits per heavy atom. The summed E-state index contributed by atoms with van der Waals surface area (Å²) in [5.41, 5.74) is 1.42. The van der Waals surface area contributed by atoms with E-state index in [0.29, 0.717) is 32.1 Å². The number of rotatable bonds is 8. The lowest BCUT2D eigenvalue weighted by Crippen LogP contribution is -2.50. The van der Waals surface area contributed by atoms with E-state index in [1.165, 1.54) is 0 Å². The van der Waals surface area contributed by atoms with Crippen molar-refractivity contribution >= 4 is 58.2 Å². The van der Waals surface area contributed by atoms with E-state index in [1.54, 1.807) is 41.3 Å². The Hall–Kier alpha value is -1.46. The second kappa shape index (κ2) is 11.2. The molecule has 0 aliphatic rings. The van der Waals surface area contributed by atoms with E-state index in [9.17, 15) is 9.59 Å². The molecule has 0 aliphatic carbocycles. The fourth-order valence-electron chi connectivity index (χ4n) is 3.06. The Balaban J connectivity index is 2.35. The molecule has 0 aromatic heterocycles. The average molecular weight is 490 g/mol. The van der Waals surface area contributed by atoms with E-state index < -0.39 is 6.04 Å². The van der Waals surface area contributed by atoms with Crippen LogP contribution >= 0.6 is 46.4 Å². The number of nitrogens with zero attached hydrogens (tertiary/aromatic N) is 1. The van der Waals surface area contributed by atoms with Crippen molar-refractivity contribution in [2.45, 2.75) is 52.2 Å². The molecular weight excluding hydrogens is 466 g/mol. The van der Waals surface area contributed by atoms with Crippen LogP contribution in [-0.4, -0.2) is 28.8 Å². The molecule has 1 N–H and O–H groups in total. The third-order valence-corrected chi connectivity index (χ3v) is 5.84. The summed E-state index contributed by atoms with van der Waals surface area (Å²) < 4.78 is 0. The molecule has 0 unspecified atom stereocenters. The van der Waals surface area contributed by atoms with Gasteiger partial charge in [0.15, 0.2) is 0 Å². The summed E-state index contributed by atoms with van der Waals surface area (Å²) in [5, 5.41) is 4.61. The number of carbonyl (C=O) groups is 2. The Labute approximate surface area is 197 Å². The second-order valence-electron chi connectivity index (χ2n) is 7.27. The Kier molecular flexibility index (Phi) is 9.30. The van der Waals surface area contributed by atoms with Gasteiger partial charge in [-0.15, -0.1) is 0 Å². The van der Waals surface area contributed by atoms with Crippen LogP contribution in [0.4, 0.5) is 0 Å².